The van der Waals surface area contributed by atoms with Gasteiger partial charge in [0.1, 0.15) is 12.1 Å². The van der Waals surface area contributed by atoms with E-state index in [-0.39, 0.29) is 0 Å². The molecular formula is C22H25N7. The number of H-pyrrole nitrogens is 1. The van der Waals surface area contributed by atoms with Crippen molar-refractivity contribution < 1.29 is 0 Å². The standard InChI is InChI=1S/C22H25N7/c1-15(2)28-7-9-29(10-8-28)21-12-20(24-14-25-21)22-18-11-16(19-5-6-26-27-19)3-4-17(18)13-23-22/h3-6,11-12,14-15H,7-10,13H2,1-2H3,(H,26,27). The Kier molecular flexibility index (Phi) is 4.60. The van der Waals surface area contributed by atoms with Gasteiger partial charge >= 0.3 is 0 Å². The number of fused-ring (bicyclic) bond motifs is 1. The fourth-order valence-corrected chi connectivity index (χ4v) is 4.10. The zero-order valence-corrected chi connectivity index (χ0v) is 16.8. The van der Waals surface area contributed by atoms with Crippen molar-refractivity contribution in [2.45, 2.75) is 26.4 Å². The van der Waals surface area contributed by atoms with Crippen LogP contribution in [0.5, 0.6) is 0 Å². The first kappa shape index (κ1) is 18.0. The number of aliphatic imine (C=N–C) groups is 1. The lowest BCUT2D eigenvalue weighted by Gasteiger charge is -2.37. The Morgan fingerprint density at radius 2 is 1.86 bits per heavy atom. The van der Waals surface area contributed by atoms with E-state index in [4.69, 9.17) is 4.99 Å². The molecule has 0 bridgehead atoms. The number of aromatic nitrogens is 4. The summed E-state index contributed by atoms with van der Waals surface area (Å²) in [5, 5.41) is 7.10. The maximum absolute atomic E-state index is 4.79. The van der Waals surface area contributed by atoms with E-state index in [1.165, 1.54) is 5.56 Å². The number of nitrogens with zero attached hydrogens (tertiary/aromatic N) is 6. The first-order valence-corrected chi connectivity index (χ1v) is 10.2. The Balaban J connectivity index is 1.41. The van der Waals surface area contributed by atoms with Crippen LogP contribution in [0.1, 0.15) is 30.7 Å². The smallest absolute Gasteiger partial charge is 0.132 e. The van der Waals surface area contributed by atoms with E-state index in [2.05, 4.69) is 68.1 Å². The first-order valence-electron chi connectivity index (χ1n) is 10.2. The molecule has 1 N–H and O–H groups in total. The number of piperazine rings is 1. The van der Waals surface area contributed by atoms with Crippen molar-refractivity contribution in [3.63, 3.8) is 0 Å². The Morgan fingerprint density at radius 3 is 2.62 bits per heavy atom. The summed E-state index contributed by atoms with van der Waals surface area (Å²) >= 11 is 0. The molecule has 2 aliphatic rings. The molecule has 0 amide bonds. The molecule has 0 atom stereocenters. The van der Waals surface area contributed by atoms with Crippen LogP contribution >= 0.6 is 0 Å². The summed E-state index contributed by atoms with van der Waals surface area (Å²) in [4.78, 5) is 18.7. The Labute approximate surface area is 170 Å². The molecule has 148 valence electrons. The van der Waals surface area contributed by atoms with Crippen molar-refractivity contribution in [3.8, 4) is 11.3 Å². The third-order valence-electron chi connectivity index (χ3n) is 5.85. The van der Waals surface area contributed by atoms with Gasteiger partial charge in [-0.2, -0.15) is 5.10 Å². The lowest BCUT2D eigenvalue weighted by atomic mass is 9.99. The average molecular weight is 387 g/mol. The van der Waals surface area contributed by atoms with Crippen LogP contribution in [-0.4, -0.2) is 63.0 Å². The first-order chi connectivity index (χ1) is 14.2. The number of anilines is 1. The molecule has 2 aromatic heterocycles. The topological polar surface area (TPSA) is 73.3 Å². The van der Waals surface area contributed by atoms with Crippen molar-refractivity contribution in [1.29, 1.82) is 0 Å². The highest BCUT2D eigenvalue weighted by atomic mass is 15.3. The van der Waals surface area contributed by atoms with E-state index in [9.17, 15) is 0 Å². The molecule has 4 heterocycles. The lowest BCUT2D eigenvalue weighted by molar-refractivity contribution is 0.209. The van der Waals surface area contributed by atoms with Crippen LogP contribution in [0.2, 0.25) is 0 Å². The highest BCUT2D eigenvalue weighted by Crippen LogP contribution is 2.28. The van der Waals surface area contributed by atoms with Gasteiger partial charge in [-0.25, -0.2) is 9.97 Å². The quantitative estimate of drug-likeness (QED) is 0.745. The number of aromatic amines is 1. The minimum Gasteiger partial charge on any atom is -0.354 e. The summed E-state index contributed by atoms with van der Waals surface area (Å²) in [6.45, 7) is 9.31. The highest BCUT2D eigenvalue weighted by molar-refractivity contribution is 6.14. The van der Waals surface area contributed by atoms with Gasteiger partial charge in [-0.1, -0.05) is 12.1 Å². The molecule has 1 saturated heterocycles. The van der Waals surface area contributed by atoms with Crippen LogP contribution in [0.15, 0.2) is 47.8 Å². The average Bonchev–Trinajstić information content (AvgIpc) is 3.43. The summed E-state index contributed by atoms with van der Waals surface area (Å²) < 4.78 is 0. The second kappa shape index (κ2) is 7.40. The zero-order chi connectivity index (χ0) is 19.8. The summed E-state index contributed by atoms with van der Waals surface area (Å²) in [7, 11) is 0. The van der Waals surface area contributed by atoms with Crippen LogP contribution < -0.4 is 4.90 Å². The molecule has 5 rings (SSSR count). The van der Waals surface area contributed by atoms with E-state index in [0.29, 0.717) is 12.6 Å². The van der Waals surface area contributed by atoms with E-state index in [1.807, 2.05) is 6.07 Å². The minimum atomic E-state index is 0.589. The predicted octanol–water partition coefficient (Wildman–Crippen LogP) is 2.75. The van der Waals surface area contributed by atoms with Crippen molar-refractivity contribution in [2.75, 3.05) is 31.1 Å². The Morgan fingerprint density at radius 1 is 1.00 bits per heavy atom. The van der Waals surface area contributed by atoms with Crippen LogP contribution in [0.25, 0.3) is 11.3 Å². The van der Waals surface area contributed by atoms with Crippen LogP contribution in [0, 0.1) is 0 Å². The molecule has 3 aromatic rings. The Bertz CT molecular complexity index is 1030. The van der Waals surface area contributed by atoms with Gasteiger partial charge in [0.25, 0.3) is 0 Å². The molecule has 1 fully saturated rings. The monoisotopic (exact) mass is 387 g/mol. The van der Waals surface area contributed by atoms with E-state index >= 15 is 0 Å². The van der Waals surface area contributed by atoms with Gasteiger partial charge in [0.2, 0.25) is 0 Å². The molecule has 0 saturated carbocycles. The zero-order valence-electron chi connectivity index (χ0n) is 16.8. The molecule has 7 heteroatoms. The number of benzene rings is 1. The van der Waals surface area contributed by atoms with Crippen molar-refractivity contribution >= 4 is 11.5 Å². The summed E-state index contributed by atoms with van der Waals surface area (Å²) in [5.41, 5.74) is 6.33. The lowest BCUT2D eigenvalue weighted by Crippen LogP contribution is -2.49. The van der Waals surface area contributed by atoms with Gasteiger partial charge < -0.3 is 4.90 Å². The van der Waals surface area contributed by atoms with Gasteiger partial charge in [-0.3, -0.25) is 15.0 Å². The maximum Gasteiger partial charge on any atom is 0.132 e. The van der Waals surface area contributed by atoms with Gasteiger partial charge in [-0.05, 0) is 31.5 Å². The molecule has 0 radical (unpaired) electrons. The number of hydrogen-bond acceptors (Lipinski definition) is 6. The fourth-order valence-electron chi connectivity index (χ4n) is 4.10. The minimum absolute atomic E-state index is 0.589. The van der Waals surface area contributed by atoms with Crippen molar-refractivity contribution in [1.82, 2.24) is 25.1 Å². The normalized spacial score (nSPS) is 16.9. The highest BCUT2D eigenvalue weighted by Gasteiger charge is 2.23. The van der Waals surface area contributed by atoms with Gasteiger partial charge in [0.15, 0.2) is 0 Å². The second-order valence-electron chi connectivity index (χ2n) is 7.89. The molecule has 0 unspecified atom stereocenters. The van der Waals surface area contributed by atoms with E-state index < -0.39 is 0 Å². The predicted molar refractivity (Wildman–Crippen MR) is 114 cm³/mol. The third-order valence-corrected chi connectivity index (χ3v) is 5.85. The van der Waals surface area contributed by atoms with Crippen LogP contribution in [0.3, 0.4) is 0 Å². The molecule has 29 heavy (non-hydrogen) atoms. The van der Waals surface area contributed by atoms with E-state index in [0.717, 1.165) is 60.2 Å². The summed E-state index contributed by atoms with van der Waals surface area (Å²) in [6, 6.07) is 11.1. The largest absolute Gasteiger partial charge is 0.354 e. The molecule has 2 aliphatic heterocycles. The van der Waals surface area contributed by atoms with Crippen molar-refractivity contribution in [2.24, 2.45) is 4.99 Å². The summed E-state index contributed by atoms with van der Waals surface area (Å²) in [5.74, 6) is 0.985. The number of rotatable bonds is 4. The summed E-state index contributed by atoms with van der Waals surface area (Å²) in [6.07, 6.45) is 3.44. The number of hydrogen-bond donors (Lipinski definition) is 1. The fraction of sp³-hybridized carbons (Fsp3) is 0.364. The SMILES string of the molecule is CC(C)N1CCN(c2cc(C3=NCc4ccc(-c5ccn[nH]5)cc43)ncn2)CC1. The van der Waals surface area contributed by atoms with Crippen LogP contribution in [0.4, 0.5) is 5.82 Å². The second-order valence-corrected chi connectivity index (χ2v) is 7.89. The third kappa shape index (κ3) is 3.42. The molecule has 0 aliphatic carbocycles. The van der Waals surface area contributed by atoms with Gasteiger partial charge in [0, 0.05) is 55.6 Å². The number of nitrogens with one attached hydrogen (secondary N) is 1. The molecule has 1 aromatic carbocycles. The molecule has 0 spiro atoms. The van der Waals surface area contributed by atoms with Crippen LogP contribution in [-0.2, 0) is 6.54 Å². The molecule has 7 nitrogen and oxygen atoms in total. The molecular weight excluding hydrogens is 362 g/mol. The maximum atomic E-state index is 4.79. The van der Waals surface area contributed by atoms with E-state index in [1.54, 1.807) is 12.5 Å². The Hall–Kier alpha value is -3.06. The van der Waals surface area contributed by atoms with Crippen molar-refractivity contribution in [3.05, 3.63) is 59.7 Å². The van der Waals surface area contributed by atoms with Gasteiger partial charge in [-0.15, -0.1) is 0 Å². The van der Waals surface area contributed by atoms with Gasteiger partial charge in [0.05, 0.1) is 23.6 Å².